The maximum atomic E-state index is 11.6. The summed E-state index contributed by atoms with van der Waals surface area (Å²) >= 11 is 0. The fraction of sp³-hybridized carbons (Fsp3) is 0.417. The molecule has 0 unspecified atom stereocenters. The van der Waals surface area contributed by atoms with Gasteiger partial charge in [0.2, 0.25) is 12.7 Å². The fourth-order valence-electron chi connectivity index (χ4n) is 1.60. The van der Waals surface area contributed by atoms with Crippen LogP contribution < -0.4 is 19.5 Å². The molecule has 0 atom stereocenters. The lowest BCUT2D eigenvalue weighted by Crippen LogP contribution is -2.41. The molecule has 2 N–H and O–H groups in total. The highest BCUT2D eigenvalue weighted by atomic mass is 32.2. The molecule has 1 heterocycles. The van der Waals surface area contributed by atoms with Crippen molar-refractivity contribution in [2.75, 3.05) is 27.4 Å². The summed E-state index contributed by atoms with van der Waals surface area (Å²) in [5.41, 5.74) is 0.836. The molecule has 1 aromatic rings. The third-order valence-electron chi connectivity index (χ3n) is 2.82. The van der Waals surface area contributed by atoms with Gasteiger partial charge in [0.05, 0.1) is 6.54 Å². The molecule has 0 bridgehead atoms. The van der Waals surface area contributed by atoms with Gasteiger partial charge in [-0.25, -0.2) is 0 Å². The lowest BCUT2D eigenvalue weighted by Gasteiger charge is -2.12. The van der Waals surface area contributed by atoms with Crippen LogP contribution in [0.4, 0.5) is 0 Å². The van der Waals surface area contributed by atoms with E-state index in [4.69, 9.17) is 9.47 Å². The normalized spacial score (nSPS) is 13.5. The summed E-state index contributed by atoms with van der Waals surface area (Å²) in [4.78, 5) is 11.6. The first kappa shape index (κ1) is 15.5. The molecule has 8 nitrogen and oxygen atoms in total. The Bertz CT molecular complexity index is 630. The van der Waals surface area contributed by atoms with Crippen LogP contribution in [0.2, 0.25) is 0 Å². The van der Waals surface area contributed by atoms with E-state index >= 15 is 0 Å². The van der Waals surface area contributed by atoms with Gasteiger partial charge in [-0.1, -0.05) is 6.07 Å². The minimum atomic E-state index is -3.60. The topological polar surface area (TPSA) is 97.0 Å². The first-order chi connectivity index (χ1) is 9.88. The number of benzene rings is 1. The predicted octanol–water partition coefficient (Wildman–Crippen LogP) is -0.572. The molecule has 1 aliphatic heterocycles. The summed E-state index contributed by atoms with van der Waals surface area (Å²) in [6, 6.07) is 5.34. The highest BCUT2D eigenvalue weighted by Crippen LogP contribution is 2.32. The van der Waals surface area contributed by atoms with Gasteiger partial charge < -0.3 is 14.8 Å². The van der Waals surface area contributed by atoms with E-state index in [1.54, 1.807) is 18.2 Å². The zero-order valence-corrected chi connectivity index (χ0v) is 12.6. The molecule has 0 aromatic heterocycles. The van der Waals surface area contributed by atoms with Crippen molar-refractivity contribution in [3.63, 3.8) is 0 Å². The van der Waals surface area contributed by atoms with Gasteiger partial charge in [-0.2, -0.15) is 17.4 Å². The van der Waals surface area contributed by atoms with Crippen molar-refractivity contribution in [3.8, 4) is 11.5 Å². The maximum absolute atomic E-state index is 11.6. The minimum absolute atomic E-state index is 0.192. The number of carbonyl (C=O) groups excluding carboxylic acids is 1. The van der Waals surface area contributed by atoms with E-state index in [0.29, 0.717) is 11.5 Å². The van der Waals surface area contributed by atoms with Gasteiger partial charge in [0.1, 0.15) is 0 Å². The Hall–Kier alpha value is -1.84. The van der Waals surface area contributed by atoms with Crippen molar-refractivity contribution in [3.05, 3.63) is 23.8 Å². The standard InChI is InChI=1S/C12H17N3O5S/c1-15(2)21(17,18)14-7-12(16)13-6-9-3-4-10-11(5-9)20-8-19-10/h3-5,14H,6-8H2,1-2H3,(H,13,16). The van der Waals surface area contributed by atoms with Crippen LogP contribution in [0.3, 0.4) is 0 Å². The number of rotatable bonds is 6. The number of fused-ring (bicyclic) bond motifs is 1. The summed E-state index contributed by atoms with van der Waals surface area (Å²) < 4.78 is 36.5. The van der Waals surface area contributed by atoms with Crippen LogP contribution in [0.1, 0.15) is 5.56 Å². The predicted molar refractivity (Wildman–Crippen MR) is 75.0 cm³/mol. The van der Waals surface area contributed by atoms with Crippen molar-refractivity contribution in [1.82, 2.24) is 14.3 Å². The molecular formula is C12H17N3O5S. The number of hydrogen-bond acceptors (Lipinski definition) is 5. The molecule has 21 heavy (non-hydrogen) atoms. The molecule has 0 saturated heterocycles. The monoisotopic (exact) mass is 315 g/mol. The second-order valence-corrected chi connectivity index (χ2v) is 6.54. The van der Waals surface area contributed by atoms with Crippen LogP contribution in [-0.2, 0) is 21.5 Å². The summed E-state index contributed by atoms with van der Waals surface area (Å²) in [7, 11) is -0.835. The van der Waals surface area contributed by atoms with E-state index < -0.39 is 16.1 Å². The molecule has 1 aromatic carbocycles. The molecule has 1 aliphatic rings. The van der Waals surface area contributed by atoms with Gasteiger partial charge in [0.25, 0.3) is 10.2 Å². The summed E-state index contributed by atoms with van der Waals surface area (Å²) in [6.07, 6.45) is 0. The first-order valence-electron chi connectivity index (χ1n) is 6.21. The third-order valence-corrected chi connectivity index (χ3v) is 4.29. The Balaban J connectivity index is 1.82. The Labute approximate surface area is 123 Å². The van der Waals surface area contributed by atoms with Crippen LogP contribution in [-0.4, -0.2) is 46.1 Å². The zero-order valence-electron chi connectivity index (χ0n) is 11.8. The van der Waals surface area contributed by atoms with Crippen LogP contribution in [0, 0.1) is 0 Å². The van der Waals surface area contributed by atoms with Crippen molar-refractivity contribution in [1.29, 1.82) is 0 Å². The van der Waals surface area contributed by atoms with Crippen molar-refractivity contribution in [2.45, 2.75) is 6.54 Å². The van der Waals surface area contributed by atoms with Crippen LogP contribution in [0.25, 0.3) is 0 Å². The molecule has 0 fully saturated rings. The molecular weight excluding hydrogens is 298 g/mol. The maximum Gasteiger partial charge on any atom is 0.279 e. The van der Waals surface area contributed by atoms with Gasteiger partial charge in [0, 0.05) is 20.6 Å². The number of nitrogens with one attached hydrogen (secondary N) is 2. The number of hydrogen-bond donors (Lipinski definition) is 2. The first-order valence-corrected chi connectivity index (χ1v) is 7.65. The quantitative estimate of drug-likeness (QED) is 0.732. The van der Waals surface area contributed by atoms with Gasteiger partial charge in [-0.15, -0.1) is 0 Å². The Kier molecular flexibility index (Phi) is 4.66. The SMILES string of the molecule is CN(C)S(=O)(=O)NCC(=O)NCc1ccc2c(c1)OCO2. The summed E-state index contributed by atoms with van der Waals surface area (Å²) in [5.74, 6) is 0.886. The van der Waals surface area contributed by atoms with Gasteiger partial charge in [0.15, 0.2) is 11.5 Å². The number of ether oxygens (including phenoxy) is 2. The van der Waals surface area contributed by atoms with Crippen molar-refractivity contribution >= 4 is 16.1 Å². The lowest BCUT2D eigenvalue weighted by molar-refractivity contribution is -0.120. The average molecular weight is 315 g/mol. The number of nitrogens with zero attached hydrogens (tertiary/aromatic N) is 1. The van der Waals surface area contributed by atoms with E-state index in [2.05, 4.69) is 10.0 Å². The van der Waals surface area contributed by atoms with Crippen LogP contribution >= 0.6 is 0 Å². The van der Waals surface area contributed by atoms with Gasteiger partial charge >= 0.3 is 0 Å². The number of amides is 1. The van der Waals surface area contributed by atoms with Crippen LogP contribution in [0.15, 0.2) is 18.2 Å². The third kappa shape index (κ3) is 4.06. The second kappa shape index (κ2) is 6.29. The molecule has 0 spiro atoms. The van der Waals surface area contributed by atoms with E-state index in [1.165, 1.54) is 14.1 Å². The van der Waals surface area contributed by atoms with Gasteiger partial charge in [-0.3, -0.25) is 4.79 Å². The second-order valence-electron chi connectivity index (χ2n) is 4.57. The van der Waals surface area contributed by atoms with E-state index in [1.807, 2.05) is 0 Å². The Morgan fingerprint density at radius 3 is 2.71 bits per heavy atom. The largest absolute Gasteiger partial charge is 0.454 e. The molecule has 2 rings (SSSR count). The highest BCUT2D eigenvalue weighted by Gasteiger charge is 2.15. The number of carbonyl (C=O) groups is 1. The van der Waals surface area contributed by atoms with Crippen molar-refractivity contribution < 1.29 is 22.7 Å². The zero-order chi connectivity index (χ0) is 15.5. The smallest absolute Gasteiger partial charge is 0.279 e. The Morgan fingerprint density at radius 2 is 2.00 bits per heavy atom. The van der Waals surface area contributed by atoms with E-state index in [9.17, 15) is 13.2 Å². The Morgan fingerprint density at radius 1 is 1.29 bits per heavy atom. The minimum Gasteiger partial charge on any atom is -0.454 e. The summed E-state index contributed by atoms with van der Waals surface area (Å²) in [6.45, 7) is 0.154. The molecule has 0 saturated carbocycles. The molecule has 0 radical (unpaired) electrons. The van der Waals surface area contributed by atoms with E-state index in [0.717, 1.165) is 9.87 Å². The molecule has 1 amide bonds. The molecule has 0 aliphatic carbocycles. The van der Waals surface area contributed by atoms with E-state index in [-0.39, 0.29) is 19.9 Å². The van der Waals surface area contributed by atoms with Crippen molar-refractivity contribution in [2.24, 2.45) is 0 Å². The summed E-state index contributed by atoms with van der Waals surface area (Å²) in [5, 5.41) is 2.62. The molecule has 9 heteroatoms. The fourth-order valence-corrected chi connectivity index (χ4v) is 2.17. The lowest BCUT2D eigenvalue weighted by atomic mass is 10.2. The van der Waals surface area contributed by atoms with Gasteiger partial charge in [-0.05, 0) is 17.7 Å². The molecule has 116 valence electrons. The highest BCUT2D eigenvalue weighted by molar-refractivity contribution is 7.87. The average Bonchev–Trinajstić information content (AvgIpc) is 2.90. The van der Waals surface area contributed by atoms with Crippen LogP contribution in [0.5, 0.6) is 11.5 Å².